The summed E-state index contributed by atoms with van der Waals surface area (Å²) >= 11 is 4.42. The van der Waals surface area contributed by atoms with Crippen molar-refractivity contribution in [3.8, 4) is 0 Å². The zero-order valence-corrected chi connectivity index (χ0v) is 13.5. The fourth-order valence-corrected chi connectivity index (χ4v) is 5.02. The molecule has 0 aromatic carbocycles. The van der Waals surface area contributed by atoms with Crippen molar-refractivity contribution in [2.75, 3.05) is 0 Å². The average molecular weight is 361 g/mol. The molecule has 0 atom stereocenters. The summed E-state index contributed by atoms with van der Waals surface area (Å²) < 4.78 is 27.7. The van der Waals surface area contributed by atoms with Gasteiger partial charge in [-0.1, -0.05) is 13.0 Å². The van der Waals surface area contributed by atoms with E-state index in [-0.39, 0.29) is 6.54 Å². The maximum atomic E-state index is 12.1. The molecule has 4 nitrogen and oxygen atoms in total. The summed E-state index contributed by atoms with van der Waals surface area (Å²) in [6, 6.07) is 5.53. The third-order valence-corrected chi connectivity index (χ3v) is 6.69. The molecule has 0 amide bonds. The van der Waals surface area contributed by atoms with Gasteiger partial charge in [-0.2, -0.15) is 0 Å². The first-order valence-corrected chi connectivity index (χ1v) is 8.85. The predicted octanol–water partition coefficient (Wildman–Crippen LogP) is 2.95. The second-order valence-corrected chi connectivity index (χ2v) is 7.58. The van der Waals surface area contributed by atoms with Gasteiger partial charge in [0.25, 0.3) is 10.0 Å². The van der Waals surface area contributed by atoms with Gasteiger partial charge in [0.15, 0.2) is 0 Å². The highest BCUT2D eigenvalue weighted by Crippen LogP contribution is 2.27. The molecule has 7 heteroatoms. The Balaban J connectivity index is 2.17. The quantitative estimate of drug-likeness (QED) is 0.891. The van der Waals surface area contributed by atoms with Crippen LogP contribution in [0.25, 0.3) is 0 Å². The van der Waals surface area contributed by atoms with Crippen LogP contribution in [-0.4, -0.2) is 13.4 Å². The third-order valence-electron chi connectivity index (χ3n) is 2.62. The van der Waals surface area contributed by atoms with Gasteiger partial charge in [0, 0.05) is 10.7 Å². The van der Waals surface area contributed by atoms with Gasteiger partial charge in [0.2, 0.25) is 0 Å². The maximum Gasteiger partial charge on any atom is 0.251 e. The smallest absolute Gasteiger partial charge is 0.251 e. The van der Waals surface area contributed by atoms with Gasteiger partial charge in [0.05, 0.1) is 12.2 Å². The van der Waals surface area contributed by atoms with Crippen molar-refractivity contribution in [3.63, 3.8) is 0 Å². The molecule has 0 bridgehead atoms. The van der Waals surface area contributed by atoms with E-state index in [4.69, 9.17) is 0 Å². The minimum Gasteiger partial charge on any atom is -0.260 e. The minimum absolute atomic E-state index is 0.205. The molecule has 0 unspecified atom stereocenters. The number of nitrogens with one attached hydrogen (secondary N) is 1. The van der Waals surface area contributed by atoms with Crippen molar-refractivity contribution in [3.05, 3.63) is 45.5 Å². The van der Waals surface area contributed by atoms with Gasteiger partial charge in [0.1, 0.15) is 4.21 Å². The summed E-state index contributed by atoms with van der Waals surface area (Å²) in [5.41, 5.74) is 1.82. The van der Waals surface area contributed by atoms with Gasteiger partial charge in [-0.3, -0.25) is 4.98 Å². The molecular formula is C12H13BrN2O2S2. The van der Waals surface area contributed by atoms with Crippen molar-refractivity contribution >= 4 is 37.3 Å². The second kappa shape index (κ2) is 6.13. The van der Waals surface area contributed by atoms with E-state index in [0.717, 1.165) is 17.7 Å². The van der Waals surface area contributed by atoms with Crippen LogP contribution >= 0.6 is 27.3 Å². The number of aryl methyl sites for hydroxylation is 1. The molecule has 1 N–H and O–H groups in total. The number of hydrogen-bond donors (Lipinski definition) is 1. The maximum absolute atomic E-state index is 12.1. The normalized spacial score (nSPS) is 11.7. The summed E-state index contributed by atoms with van der Waals surface area (Å²) in [5.74, 6) is 0. The first-order chi connectivity index (χ1) is 9.04. The van der Waals surface area contributed by atoms with Crippen LogP contribution in [0, 0.1) is 0 Å². The molecule has 0 aliphatic rings. The summed E-state index contributed by atoms with van der Waals surface area (Å²) in [6.45, 7) is 2.22. The van der Waals surface area contributed by atoms with Crippen molar-refractivity contribution in [2.24, 2.45) is 0 Å². The second-order valence-electron chi connectivity index (χ2n) is 3.84. The highest BCUT2D eigenvalue weighted by Gasteiger charge is 2.19. The van der Waals surface area contributed by atoms with Crippen LogP contribution in [0.3, 0.4) is 0 Å². The molecular weight excluding hydrogens is 348 g/mol. The predicted molar refractivity (Wildman–Crippen MR) is 79.7 cm³/mol. The van der Waals surface area contributed by atoms with Crippen molar-refractivity contribution in [1.29, 1.82) is 0 Å². The molecule has 0 aliphatic heterocycles. The van der Waals surface area contributed by atoms with Crippen LogP contribution in [0.1, 0.15) is 18.2 Å². The minimum atomic E-state index is -3.49. The molecule has 2 aromatic rings. The molecule has 2 aromatic heterocycles. The lowest BCUT2D eigenvalue weighted by Crippen LogP contribution is -2.23. The topological polar surface area (TPSA) is 59.1 Å². The Morgan fingerprint density at radius 3 is 2.84 bits per heavy atom. The molecule has 0 fully saturated rings. The zero-order valence-electron chi connectivity index (χ0n) is 10.3. The molecule has 102 valence electrons. The standard InChI is InChI=1S/C12H13BrN2O2S2/c1-2-9-4-3-6-14-11(9)8-15-19(16,17)12-10(13)5-7-18-12/h3-7,15H,2,8H2,1H3. The molecule has 0 saturated carbocycles. The van der Waals surface area contributed by atoms with Gasteiger partial charge >= 0.3 is 0 Å². The fraction of sp³-hybridized carbons (Fsp3) is 0.250. The van der Waals surface area contributed by atoms with E-state index in [9.17, 15) is 8.42 Å². The highest BCUT2D eigenvalue weighted by molar-refractivity contribution is 9.10. The van der Waals surface area contributed by atoms with E-state index in [1.165, 1.54) is 11.3 Å². The Hall–Kier alpha value is -0.760. The largest absolute Gasteiger partial charge is 0.260 e. The van der Waals surface area contributed by atoms with Crippen LogP contribution in [0.2, 0.25) is 0 Å². The van der Waals surface area contributed by atoms with Gasteiger partial charge in [-0.15, -0.1) is 11.3 Å². The first-order valence-electron chi connectivity index (χ1n) is 5.70. The summed E-state index contributed by atoms with van der Waals surface area (Å²) in [4.78, 5) is 4.22. The van der Waals surface area contributed by atoms with Crippen LogP contribution in [-0.2, 0) is 23.0 Å². The lowest BCUT2D eigenvalue weighted by atomic mass is 10.1. The SMILES string of the molecule is CCc1cccnc1CNS(=O)(=O)c1sccc1Br. The molecule has 2 heterocycles. The average Bonchev–Trinajstić information content (AvgIpc) is 2.84. The number of hydrogen-bond acceptors (Lipinski definition) is 4. The summed E-state index contributed by atoms with van der Waals surface area (Å²) in [7, 11) is -3.49. The molecule has 0 radical (unpaired) electrons. The number of sulfonamides is 1. The number of halogens is 1. The lowest BCUT2D eigenvalue weighted by molar-refractivity contribution is 0.582. The molecule has 19 heavy (non-hydrogen) atoms. The van der Waals surface area contributed by atoms with Crippen LogP contribution in [0.5, 0.6) is 0 Å². The lowest BCUT2D eigenvalue weighted by Gasteiger charge is -2.08. The van der Waals surface area contributed by atoms with Gasteiger partial charge in [-0.05, 0) is 45.4 Å². The summed E-state index contributed by atoms with van der Waals surface area (Å²) in [5, 5.41) is 1.73. The van der Waals surface area contributed by atoms with Crippen molar-refractivity contribution in [1.82, 2.24) is 9.71 Å². The fourth-order valence-electron chi connectivity index (χ4n) is 1.65. The van der Waals surface area contributed by atoms with E-state index < -0.39 is 10.0 Å². The zero-order chi connectivity index (χ0) is 13.9. The van der Waals surface area contributed by atoms with E-state index in [2.05, 4.69) is 25.6 Å². The van der Waals surface area contributed by atoms with E-state index >= 15 is 0 Å². The Bertz CT molecular complexity index is 668. The Kier molecular flexibility index (Phi) is 4.72. The molecule has 0 aliphatic carbocycles. The Morgan fingerprint density at radius 1 is 1.42 bits per heavy atom. The van der Waals surface area contributed by atoms with Crippen molar-refractivity contribution in [2.45, 2.75) is 24.1 Å². The molecule has 2 rings (SSSR count). The number of thiophene rings is 1. The van der Waals surface area contributed by atoms with Gasteiger partial charge in [-0.25, -0.2) is 13.1 Å². The number of aromatic nitrogens is 1. The Morgan fingerprint density at radius 2 is 2.21 bits per heavy atom. The van der Waals surface area contributed by atoms with E-state index in [1.807, 2.05) is 19.1 Å². The van der Waals surface area contributed by atoms with E-state index in [1.54, 1.807) is 17.6 Å². The highest BCUT2D eigenvalue weighted by atomic mass is 79.9. The Labute approximate surface area is 125 Å². The third kappa shape index (κ3) is 3.42. The van der Waals surface area contributed by atoms with Crippen LogP contribution < -0.4 is 4.72 Å². The van der Waals surface area contributed by atoms with E-state index in [0.29, 0.717) is 8.68 Å². The molecule has 0 saturated heterocycles. The van der Waals surface area contributed by atoms with Crippen molar-refractivity contribution < 1.29 is 8.42 Å². The number of nitrogens with zero attached hydrogens (tertiary/aromatic N) is 1. The summed E-state index contributed by atoms with van der Waals surface area (Å²) in [6.07, 6.45) is 2.50. The van der Waals surface area contributed by atoms with Crippen LogP contribution in [0.15, 0.2) is 38.5 Å². The first kappa shape index (κ1) is 14.6. The molecule has 0 spiro atoms. The number of pyridine rings is 1. The monoisotopic (exact) mass is 360 g/mol. The van der Waals surface area contributed by atoms with Gasteiger partial charge < -0.3 is 0 Å². The van der Waals surface area contributed by atoms with Crippen LogP contribution in [0.4, 0.5) is 0 Å². The number of rotatable bonds is 5.